The van der Waals surface area contributed by atoms with Gasteiger partial charge in [0.05, 0.1) is 35.5 Å². The summed E-state index contributed by atoms with van der Waals surface area (Å²) in [6.07, 6.45) is 6.19. The van der Waals surface area contributed by atoms with Crippen molar-refractivity contribution in [2.45, 2.75) is 25.8 Å². The molecule has 2 aliphatic heterocycles. The van der Waals surface area contributed by atoms with Crippen molar-refractivity contribution < 1.29 is 9.18 Å². The zero-order valence-corrected chi connectivity index (χ0v) is 16.5. The van der Waals surface area contributed by atoms with Gasteiger partial charge in [0.1, 0.15) is 5.82 Å². The largest absolute Gasteiger partial charge is 0.366 e. The predicted octanol–water partition coefficient (Wildman–Crippen LogP) is 4.01. The summed E-state index contributed by atoms with van der Waals surface area (Å²) in [4.78, 5) is 30.2. The van der Waals surface area contributed by atoms with Gasteiger partial charge in [0.15, 0.2) is 5.82 Å². The minimum atomic E-state index is -0.496. The van der Waals surface area contributed by atoms with E-state index in [1.165, 1.54) is 12.3 Å². The average Bonchev–Trinajstić information content (AvgIpc) is 2.74. The van der Waals surface area contributed by atoms with E-state index in [0.29, 0.717) is 11.5 Å². The number of piperidine rings is 1. The van der Waals surface area contributed by atoms with E-state index < -0.39 is 5.82 Å². The van der Waals surface area contributed by atoms with Gasteiger partial charge in [0.25, 0.3) is 0 Å². The van der Waals surface area contributed by atoms with Crippen molar-refractivity contribution in [3.8, 4) is 11.3 Å². The van der Waals surface area contributed by atoms with Gasteiger partial charge in [-0.15, -0.1) is 0 Å². The monoisotopic (exact) mass is 404 g/mol. The number of carbonyl (C=O) groups is 1. The second-order valence-electron chi connectivity index (χ2n) is 7.66. The molecule has 1 fully saturated rings. The maximum absolute atomic E-state index is 13.5. The van der Waals surface area contributed by atoms with Crippen molar-refractivity contribution in [1.29, 1.82) is 0 Å². The normalized spacial score (nSPS) is 17.5. The third kappa shape index (κ3) is 3.34. The summed E-state index contributed by atoms with van der Waals surface area (Å²) in [5, 5.41) is 2.78. The molecule has 0 saturated carbocycles. The molecule has 0 spiro atoms. The number of nitrogens with one attached hydrogen (secondary N) is 1. The molecule has 3 aromatic rings. The van der Waals surface area contributed by atoms with Gasteiger partial charge in [0.2, 0.25) is 0 Å². The Balaban J connectivity index is 1.55. The van der Waals surface area contributed by atoms with E-state index in [1.807, 2.05) is 31.2 Å². The van der Waals surface area contributed by atoms with Crippen LogP contribution < -0.4 is 15.1 Å². The molecule has 0 aromatic carbocycles. The SMILES string of the molecule is Cc1cc(-c2ccc3c(n2)N(C(=O)Nc2cncc(F)c2)C2CCCN3C2)ccn1. The minimum absolute atomic E-state index is 0.00898. The van der Waals surface area contributed by atoms with Crippen molar-refractivity contribution in [2.24, 2.45) is 0 Å². The molecule has 1 saturated heterocycles. The lowest BCUT2D eigenvalue weighted by Gasteiger charge is -2.45. The number of aryl methyl sites for hydroxylation is 1. The fourth-order valence-electron chi connectivity index (χ4n) is 4.21. The number of amides is 2. The fraction of sp³-hybridized carbons (Fsp3) is 0.273. The maximum atomic E-state index is 13.5. The first-order valence-electron chi connectivity index (χ1n) is 9.98. The van der Waals surface area contributed by atoms with Crippen LogP contribution in [0.25, 0.3) is 11.3 Å². The van der Waals surface area contributed by atoms with Crippen LogP contribution in [-0.4, -0.2) is 40.1 Å². The molecule has 2 aliphatic rings. The van der Waals surface area contributed by atoms with E-state index in [1.54, 1.807) is 11.1 Å². The molecule has 1 unspecified atom stereocenters. The second-order valence-corrected chi connectivity index (χ2v) is 7.66. The van der Waals surface area contributed by atoms with Crippen LogP contribution in [0.4, 0.5) is 26.4 Å². The quantitative estimate of drug-likeness (QED) is 0.699. The molecule has 0 radical (unpaired) electrons. The zero-order valence-electron chi connectivity index (χ0n) is 16.5. The van der Waals surface area contributed by atoms with Gasteiger partial charge in [0, 0.05) is 36.6 Å². The third-order valence-corrected chi connectivity index (χ3v) is 5.55. The molecular formula is C22H21FN6O. The molecule has 2 amide bonds. The molecule has 1 atom stereocenters. The van der Waals surface area contributed by atoms with Gasteiger partial charge >= 0.3 is 6.03 Å². The van der Waals surface area contributed by atoms with E-state index in [2.05, 4.69) is 20.2 Å². The van der Waals surface area contributed by atoms with E-state index >= 15 is 0 Å². The molecule has 2 bridgehead atoms. The Hall–Kier alpha value is -3.55. The first-order chi connectivity index (χ1) is 14.6. The summed E-state index contributed by atoms with van der Waals surface area (Å²) >= 11 is 0. The average molecular weight is 404 g/mol. The number of carbonyl (C=O) groups excluding carboxylic acids is 1. The van der Waals surface area contributed by atoms with Crippen LogP contribution >= 0.6 is 0 Å². The summed E-state index contributed by atoms with van der Waals surface area (Å²) in [7, 11) is 0. The zero-order chi connectivity index (χ0) is 20.7. The molecule has 8 heteroatoms. The number of urea groups is 1. The molecule has 152 valence electrons. The summed E-state index contributed by atoms with van der Waals surface area (Å²) in [5.41, 5.74) is 3.89. The lowest BCUT2D eigenvalue weighted by Crippen LogP contribution is -2.56. The molecule has 5 rings (SSSR count). The first kappa shape index (κ1) is 18.5. The van der Waals surface area contributed by atoms with Gasteiger partial charge in [-0.1, -0.05) is 0 Å². The highest BCUT2D eigenvalue weighted by Crippen LogP contribution is 2.39. The highest BCUT2D eigenvalue weighted by molar-refractivity contribution is 6.04. The molecule has 3 aromatic heterocycles. The number of halogens is 1. The van der Waals surface area contributed by atoms with Crippen LogP contribution in [-0.2, 0) is 0 Å². The van der Waals surface area contributed by atoms with Gasteiger partial charge in [-0.3, -0.25) is 14.9 Å². The first-order valence-corrected chi connectivity index (χ1v) is 9.98. The molecule has 30 heavy (non-hydrogen) atoms. The Morgan fingerprint density at radius 3 is 2.97 bits per heavy atom. The van der Waals surface area contributed by atoms with Crippen LogP contribution in [0.5, 0.6) is 0 Å². The van der Waals surface area contributed by atoms with Crippen molar-refractivity contribution in [3.05, 3.63) is 60.4 Å². The summed E-state index contributed by atoms with van der Waals surface area (Å²) < 4.78 is 13.5. The smallest absolute Gasteiger partial charge is 0.327 e. The number of anilines is 3. The van der Waals surface area contributed by atoms with Gasteiger partial charge in [-0.25, -0.2) is 14.2 Å². The maximum Gasteiger partial charge on any atom is 0.327 e. The van der Waals surface area contributed by atoms with E-state index in [-0.39, 0.29) is 12.1 Å². The van der Waals surface area contributed by atoms with Crippen LogP contribution in [0.15, 0.2) is 48.9 Å². The topological polar surface area (TPSA) is 74.2 Å². The predicted molar refractivity (Wildman–Crippen MR) is 113 cm³/mol. The van der Waals surface area contributed by atoms with Crippen molar-refractivity contribution >= 4 is 23.2 Å². The molecule has 7 nitrogen and oxygen atoms in total. The highest BCUT2D eigenvalue weighted by Gasteiger charge is 2.38. The van der Waals surface area contributed by atoms with E-state index in [4.69, 9.17) is 4.98 Å². The molecular weight excluding hydrogens is 383 g/mol. The highest BCUT2D eigenvalue weighted by atomic mass is 19.1. The standard InChI is InChI=1S/C22H21FN6O/c1-14-9-15(6-7-25-14)19-4-5-20-21(27-19)29(18-3-2-8-28(20)13-18)22(30)26-17-10-16(23)11-24-12-17/h4-7,9-12,18H,2-3,8,13H2,1H3,(H,26,30). The number of nitrogens with zero attached hydrogens (tertiary/aromatic N) is 5. The Morgan fingerprint density at radius 2 is 2.13 bits per heavy atom. The summed E-state index contributed by atoms with van der Waals surface area (Å²) in [5.74, 6) is 0.129. The molecule has 0 aliphatic carbocycles. The number of rotatable bonds is 2. The van der Waals surface area contributed by atoms with Crippen LogP contribution in [0.1, 0.15) is 18.5 Å². The Kier molecular flexibility index (Phi) is 4.54. The Bertz CT molecular complexity index is 1120. The van der Waals surface area contributed by atoms with Crippen LogP contribution in [0, 0.1) is 12.7 Å². The third-order valence-electron chi connectivity index (χ3n) is 5.55. The van der Waals surface area contributed by atoms with Crippen molar-refractivity contribution in [1.82, 2.24) is 15.0 Å². The van der Waals surface area contributed by atoms with Gasteiger partial charge in [-0.2, -0.15) is 0 Å². The Morgan fingerprint density at radius 1 is 1.23 bits per heavy atom. The van der Waals surface area contributed by atoms with E-state index in [9.17, 15) is 9.18 Å². The van der Waals surface area contributed by atoms with Crippen LogP contribution in [0.3, 0.4) is 0 Å². The Labute approximate surface area is 173 Å². The van der Waals surface area contributed by atoms with Crippen LogP contribution in [0.2, 0.25) is 0 Å². The van der Waals surface area contributed by atoms with Crippen molar-refractivity contribution in [2.75, 3.05) is 28.2 Å². The minimum Gasteiger partial charge on any atom is -0.366 e. The van der Waals surface area contributed by atoms with Gasteiger partial charge < -0.3 is 10.2 Å². The number of aromatic nitrogens is 3. The second kappa shape index (κ2) is 7.37. The van der Waals surface area contributed by atoms with Crippen molar-refractivity contribution in [3.63, 3.8) is 0 Å². The molecule has 5 heterocycles. The van der Waals surface area contributed by atoms with E-state index in [0.717, 1.165) is 54.8 Å². The number of pyridine rings is 3. The molecule has 1 N–H and O–H groups in total. The van der Waals surface area contributed by atoms with Gasteiger partial charge in [-0.05, 0) is 44.0 Å². The summed E-state index contributed by atoms with van der Waals surface area (Å²) in [6.45, 7) is 3.64. The lowest BCUT2D eigenvalue weighted by molar-refractivity contribution is 0.252. The number of fused-ring (bicyclic) bond motifs is 4. The fourth-order valence-corrected chi connectivity index (χ4v) is 4.21. The number of hydrogen-bond donors (Lipinski definition) is 1. The number of hydrogen-bond acceptors (Lipinski definition) is 5. The lowest BCUT2D eigenvalue weighted by atomic mass is 9.99. The summed E-state index contributed by atoms with van der Waals surface area (Å²) in [6, 6.07) is 8.83.